The van der Waals surface area contributed by atoms with Gasteiger partial charge in [0.1, 0.15) is 0 Å². The van der Waals surface area contributed by atoms with Crippen LogP contribution in [0, 0.1) is 53.4 Å². The lowest BCUT2D eigenvalue weighted by Crippen LogP contribution is -2.21. The van der Waals surface area contributed by atoms with E-state index in [1.165, 1.54) is 56.3 Å². The fraction of sp³-hybridized carbons (Fsp3) is 0.371. The number of pyridine rings is 2. The van der Waals surface area contributed by atoms with Crippen LogP contribution in [-0.4, -0.2) is 51.3 Å². The fourth-order valence-corrected chi connectivity index (χ4v) is 8.52. The lowest BCUT2D eigenvalue weighted by atomic mass is 10.1. The summed E-state index contributed by atoms with van der Waals surface area (Å²) in [6.07, 6.45) is 2.53. The number of sulfone groups is 1. The number of aryl methyl sites for hydroxylation is 6. The summed E-state index contributed by atoms with van der Waals surface area (Å²) in [4.78, 5) is 9.74. The summed E-state index contributed by atoms with van der Waals surface area (Å²) in [7, 11) is -1.78. The van der Waals surface area contributed by atoms with Gasteiger partial charge in [-0.15, -0.1) is 0 Å². The maximum absolute atomic E-state index is 12.8. The molecule has 264 valence electrons. The Balaban J connectivity index is 0.000000352. The van der Waals surface area contributed by atoms with Crippen molar-refractivity contribution in [2.24, 2.45) is 0 Å². The SMILES string of the molecule is CCN(CC)CC.Cc1cc(C)c(S(=O)(=O)Cc2ccc(F)nc2)c(C)c1.Cc1cc(C)c(S(=O)(=O)Cl)c(C)c1.Nc1ccc(F)nc1. The molecule has 0 aliphatic rings. The number of hydrogen-bond acceptors (Lipinski definition) is 8. The molecule has 0 unspecified atom stereocenters. The van der Waals surface area contributed by atoms with Gasteiger partial charge in [-0.1, -0.05) is 62.2 Å². The normalized spacial score (nSPS) is 11.0. The number of aromatic nitrogens is 2. The first-order valence-electron chi connectivity index (χ1n) is 15.3. The lowest BCUT2D eigenvalue weighted by molar-refractivity contribution is 0.321. The topological polar surface area (TPSA) is 123 Å². The fourth-order valence-electron chi connectivity index (χ4n) is 5.05. The molecule has 0 amide bonds. The molecule has 0 atom stereocenters. The van der Waals surface area contributed by atoms with E-state index in [0.717, 1.165) is 22.3 Å². The molecule has 48 heavy (non-hydrogen) atoms. The summed E-state index contributed by atoms with van der Waals surface area (Å²) < 4.78 is 72.0. The second-order valence-corrected chi connectivity index (χ2v) is 15.6. The third-order valence-electron chi connectivity index (χ3n) is 7.00. The molecule has 0 fully saturated rings. The molecule has 2 N–H and O–H groups in total. The zero-order chi connectivity index (χ0) is 36.8. The summed E-state index contributed by atoms with van der Waals surface area (Å²) in [5.74, 6) is -1.29. The van der Waals surface area contributed by atoms with Crippen LogP contribution in [0.15, 0.2) is 70.7 Å². The van der Waals surface area contributed by atoms with E-state index in [2.05, 4.69) is 35.6 Å². The highest BCUT2D eigenvalue weighted by atomic mass is 35.7. The quantitative estimate of drug-likeness (QED) is 0.151. The van der Waals surface area contributed by atoms with Gasteiger partial charge in [-0.3, -0.25) is 0 Å². The number of nitrogens with two attached hydrogens (primary N) is 1. The minimum atomic E-state index is -3.61. The van der Waals surface area contributed by atoms with E-state index in [4.69, 9.17) is 16.4 Å². The second-order valence-electron chi connectivity index (χ2n) is 11.2. The van der Waals surface area contributed by atoms with Crippen LogP contribution >= 0.6 is 10.7 Å². The van der Waals surface area contributed by atoms with Gasteiger partial charge in [0.15, 0.2) is 9.84 Å². The lowest BCUT2D eigenvalue weighted by Gasteiger charge is -2.13. The predicted molar refractivity (Wildman–Crippen MR) is 191 cm³/mol. The molecule has 2 heterocycles. The minimum Gasteiger partial charge on any atom is -0.397 e. The van der Waals surface area contributed by atoms with Crippen LogP contribution in [-0.2, 0) is 24.6 Å². The van der Waals surface area contributed by atoms with Crippen molar-refractivity contribution in [3.8, 4) is 0 Å². The maximum Gasteiger partial charge on any atom is 0.261 e. The Kier molecular flexibility index (Phi) is 17.3. The molecule has 0 aliphatic heterocycles. The van der Waals surface area contributed by atoms with Crippen molar-refractivity contribution < 1.29 is 25.6 Å². The highest BCUT2D eigenvalue weighted by Gasteiger charge is 2.21. The van der Waals surface area contributed by atoms with Crippen molar-refractivity contribution >= 4 is 35.3 Å². The highest BCUT2D eigenvalue weighted by molar-refractivity contribution is 8.13. The average Bonchev–Trinajstić information content (AvgIpc) is 2.96. The Labute approximate surface area is 289 Å². The van der Waals surface area contributed by atoms with Crippen molar-refractivity contribution in [3.05, 3.63) is 112 Å². The van der Waals surface area contributed by atoms with Gasteiger partial charge in [-0.25, -0.2) is 26.8 Å². The summed E-state index contributed by atoms with van der Waals surface area (Å²) >= 11 is 0. The number of rotatable bonds is 7. The molecule has 13 heteroatoms. The average molecular weight is 725 g/mol. The first-order valence-corrected chi connectivity index (χ1v) is 19.2. The summed E-state index contributed by atoms with van der Waals surface area (Å²) in [6, 6.07) is 12.6. The molecule has 2 aromatic heterocycles. The van der Waals surface area contributed by atoms with Gasteiger partial charge in [0, 0.05) is 16.9 Å². The Bertz CT molecular complexity index is 1760. The summed E-state index contributed by atoms with van der Waals surface area (Å²) in [5, 5.41) is 0. The van der Waals surface area contributed by atoms with E-state index >= 15 is 0 Å². The van der Waals surface area contributed by atoms with E-state index < -0.39 is 30.8 Å². The molecule has 0 saturated heterocycles. The van der Waals surface area contributed by atoms with Gasteiger partial charge in [0.05, 0.1) is 27.4 Å². The first-order chi connectivity index (χ1) is 22.2. The molecule has 4 aromatic rings. The van der Waals surface area contributed by atoms with Crippen molar-refractivity contribution in [3.63, 3.8) is 0 Å². The highest BCUT2D eigenvalue weighted by Crippen LogP contribution is 2.26. The number of nitrogens with zero attached hydrogens (tertiary/aromatic N) is 3. The van der Waals surface area contributed by atoms with Crippen molar-refractivity contribution in [1.82, 2.24) is 14.9 Å². The van der Waals surface area contributed by atoms with Crippen LogP contribution in [0.5, 0.6) is 0 Å². The van der Waals surface area contributed by atoms with Gasteiger partial charge in [-0.05, 0) is 107 Å². The molecule has 0 aliphatic carbocycles. The molecule has 0 bridgehead atoms. The summed E-state index contributed by atoms with van der Waals surface area (Å²) in [6.45, 7) is 21.0. The number of nitrogen functional groups attached to an aromatic ring is 1. The number of halogens is 3. The smallest absolute Gasteiger partial charge is 0.261 e. The molecular weight excluding hydrogens is 678 g/mol. The third kappa shape index (κ3) is 14.3. The van der Waals surface area contributed by atoms with Gasteiger partial charge >= 0.3 is 0 Å². The van der Waals surface area contributed by atoms with Gasteiger partial charge in [-0.2, -0.15) is 8.78 Å². The summed E-state index contributed by atoms with van der Waals surface area (Å²) in [5.41, 5.74) is 11.1. The zero-order valence-corrected chi connectivity index (χ0v) is 31.5. The van der Waals surface area contributed by atoms with Crippen LogP contribution < -0.4 is 5.73 Å². The van der Waals surface area contributed by atoms with E-state index in [9.17, 15) is 25.6 Å². The Hall–Kier alpha value is -3.45. The van der Waals surface area contributed by atoms with Gasteiger partial charge in [0.2, 0.25) is 11.9 Å². The van der Waals surface area contributed by atoms with Crippen LogP contribution in [0.3, 0.4) is 0 Å². The van der Waals surface area contributed by atoms with E-state index in [1.54, 1.807) is 27.7 Å². The van der Waals surface area contributed by atoms with Gasteiger partial charge in [0.25, 0.3) is 9.05 Å². The Morgan fingerprint density at radius 3 is 1.35 bits per heavy atom. The predicted octanol–water partition coefficient (Wildman–Crippen LogP) is 7.81. The maximum atomic E-state index is 12.8. The Morgan fingerprint density at radius 2 is 1.06 bits per heavy atom. The van der Waals surface area contributed by atoms with E-state index in [0.29, 0.717) is 27.3 Å². The number of anilines is 1. The van der Waals surface area contributed by atoms with Crippen molar-refractivity contribution in [2.45, 2.75) is 77.9 Å². The first kappa shape index (κ1) is 42.6. The molecule has 0 saturated carbocycles. The van der Waals surface area contributed by atoms with E-state index in [-0.39, 0.29) is 10.6 Å². The Morgan fingerprint density at radius 1 is 0.667 bits per heavy atom. The van der Waals surface area contributed by atoms with Crippen LogP contribution in [0.1, 0.15) is 59.7 Å². The third-order valence-corrected chi connectivity index (χ3v) is 10.6. The minimum absolute atomic E-state index is 0.176. The number of hydrogen-bond donors (Lipinski definition) is 1. The molecule has 0 radical (unpaired) electrons. The molecule has 0 spiro atoms. The van der Waals surface area contributed by atoms with Crippen LogP contribution in [0.4, 0.5) is 14.5 Å². The molecule has 4 rings (SSSR count). The second kappa shape index (κ2) is 19.5. The number of benzene rings is 2. The van der Waals surface area contributed by atoms with Gasteiger partial charge < -0.3 is 10.6 Å². The molecule has 2 aromatic carbocycles. The molecule has 8 nitrogen and oxygen atoms in total. The van der Waals surface area contributed by atoms with E-state index in [1.807, 2.05) is 38.1 Å². The zero-order valence-electron chi connectivity index (χ0n) is 29.1. The monoisotopic (exact) mass is 724 g/mol. The van der Waals surface area contributed by atoms with Crippen molar-refractivity contribution in [1.29, 1.82) is 0 Å². The van der Waals surface area contributed by atoms with Crippen molar-refractivity contribution in [2.75, 3.05) is 25.4 Å². The van der Waals surface area contributed by atoms with Crippen LogP contribution in [0.2, 0.25) is 0 Å². The molecular formula is C35H47ClF2N4O4S2. The standard InChI is InChI=1S/C15H16FNO2S.C9H11ClO2S.C6H15N.C5H5FN2/c1-10-6-11(2)15(12(3)7-10)20(18,19)9-13-4-5-14(16)17-8-13;1-6-4-7(2)9(8(3)5-6)13(10,11)12;1-4-7(5-2)6-3;6-5-2-1-4(7)3-8-5/h4-8H,9H2,1-3H3;4-5H,1-3H3;4-6H2,1-3H3;1-3H,7H2. The largest absolute Gasteiger partial charge is 0.397 e. The van der Waals surface area contributed by atoms with Crippen LogP contribution in [0.25, 0.3) is 0 Å².